The molecule has 0 aliphatic carbocycles. The van der Waals surface area contributed by atoms with Gasteiger partial charge in [0.15, 0.2) is 0 Å². The van der Waals surface area contributed by atoms with Crippen LogP contribution in [0, 0.1) is 0 Å². The average molecular weight is 632 g/mol. The highest BCUT2D eigenvalue weighted by Gasteiger charge is 2.23. The van der Waals surface area contributed by atoms with E-state index in [1.54, 1.807) is 0 Å². The van der Waals surface area contributed by atoms with Crippen molar-refractivity contribution in [1.82, 2.24) is 5.32 Å². The fourth-order valence-corrected chi connectivity index (χ4v) is 5.09. The number of hydrogen-bond acceptors (Lipinski definition) is 7. The minimum absolute atomic E-state index is 0.0728. The summed E-state index contributed by atoms with van der Waals surface area (Å²) in [6.07, 6.45) is 29.7. The second-order valence-corrected chi connectivity index (χ2v) is 12.6. The summed E-state index contributed by atoms with van der Waals surface area (Å²) in [5.74, 6) is -0.574. The first-order chi connectivity index (χ1) is 20.8. The first-order valence-electron chi connectivity index (χ1n) is 16.8. The number of carbonyl (C=O) groups excluding carboxylic acids is 2. The van der Waals surface area contributed by atoms with Crippen molar-refractivity contribution < 1.29 is 37.9 Å². The zero-order valence-corrected chi connectivity index (χ0v) is 28.0. The molecule has 2 atom stereocenters. The number of aliphatic hydroxyl groups excluding tert-OH is 1. The Hall–Kier alpha value is -1.51. The van der Waals surface area contributed by atoms with Gasteiger partial charge in [-0.1, -0.05) is 109 Å². The molecule has 0 aromatic carbocycles. The number of nitrogens with one attached hydrogen (secondary N) is 1. The van der Waals surface area contributed by atoms with Gasteiger partial charge in [-0.25, -0.2) is 4.57 Å². The van der Waals surface area contributed by atoms with Gasteiger partial charge < -0.3 is 20.1 Å². The number of hydrogen-bond donors (Lipinski definition) is 3. The third-order valence-corrected chi connectivity index (χ3v) is 7.84. The van der Waals surface area contributed by atoms with Gasteiger partial charge in [-0.15, -0.1) is 0 Å². The topological polar surface area (TPSA) is 131 Å². The van der Waals surface area contributed by atoms with Crippen LogP contribution in [-0.4, -0.2) is 54.3 Å². The molecule has 2 unspecified atom stereocenters. The molecular weight excluding hydrogens is 569 g/mol. The molecule has 0 aromatic rings. The Morgan fingerprint density at radius 3 is 1.86 bits per heavy atom. The summed E-state index contributed by atoms with van der Waals surface area (Å²) in [5, 5.41) is 12.4. The number of unbranched alkanes of at least 4 members (excludes halogenated alkanes) is 14. The van der Waals surface area contributed by atoms with Crippen LogP contribution >= 0.6 is 7.82 Å². The van der Waals surface area contributed by atoms with Crippen LogP contribution in [-0.2, 0) is 27.9 Å². The average Bonchev–Trinajstić information content (AvgIpc) is 2.98. The molecule has 0 rings (SSSR count). The third kappa shape index (κ3) is 31.7. The number of amides is 1. The second-order valence-electron chi connectivity index (χ2n) is 11.1. The van der Waals surface area contributed by atoms with Crippen molar-refractivity contribution in [2.45, 2.75) is 148 Å². The van der Waals surface area contributed by atoms with E-state index in [1.807, 2.05) is 6.92 Å². The maximum absolute atomic E-state index is 11.9. The lowest BCUT2D eigenvalue weighted by Gasteiger charge is -2.15. The number of allylic oxidation sites excluding steroid dienone is 4. The van der Waals surface area contributed by atoms with Crippen LogP contribution in [0.15, 0.2) is 24.3 Å². The zero-order chi connectivity index (χ0) is 31.9. The third-order valence-electron chi connectivity index (χ3n) is 6.85. The Balaban J connectivity index is 3.51. The highest BCUT2D eigenvalue weighted by Crippen LogP contribution is 2.42. The first-order valence-corrected chi connectivity index (χ1v) is 18.3. The van der Waals surface area contributed by atoms with E-state index in [-0.39, 0.29) is 32.1 Å². The van der Waals surface area contributed by atoms with E-state index < -0.39 is 26.5 Å². The van der Waals surface area contributed by atoms with Crippen LogP contribution in [0.1, 0.15) is 142 Å². The van der Waals surface area contributed by atoms with Crippen molar-refractivity contribution in [2.75, 3.05) is 26.4 Å². The Morgan fingerprint density at radius 2 is 1.28 bits per heavy atom. The number of phosphoric acid groups is 1. The number of carbonyl (C=O) groups is 2. The Bertz CT molecular complexity index is 774. The number of esters is 1. The van der Waals surface area contributed by atoms with Crippen molar-refractivity contribution >= 4 is 19.7 Å². The molecule has 9 nitrogen and oxygen atoms in total. The summed E-state index contributed by atoms with van der Waals surface area (Å²) in [5.41, 5.74) is 0. The van der Waals surface area contributed by atoms with E-state index >= 15 is 0 Å². The second kappa shape index (κ2) is 30.5. The molecule has 252 valence electrons. The normalized spacial score (nSPS) is 13.9. The van der Waals surface area contributed by atoms with Crippen LogP contribution < -0.4 is 5.32 Å². The van der Waals surface area contributed by atoms with Crippen LogP contribution in [0.2, 0.25) is 0 Å². The van der Waals surface area contributed by atoms with E-state index in [4.69, 9.17) is 13.8 Å². The summed E-state index contributed by atoms with van der Waals surface area (Å²) < 4.78 is 26.3. The van der Waals surface area contributed by atoms with Crippen LogP contribution in [0.4, 0.5) is 0 Å². The Morgan fingerprint density at radius 1 is 0.721 bits per heavy atom. The van der Waals surface area contributed by atoms with E-state index in [9.17, 15) is 24.2 Å². The Kier molecular flexibility index (Phi) is 29.4. The van der Waals surface area contributed by atoms with Gasteiger partial charge in [-0.2, -0.15) is 0 Å². The van der Waals surface area contributed by atoms with Gasteiger partial charge in [0.2, 0.25) is 5.91 Å². The van der Waals surface area contributed by atoms with E-state index in [0.717, 1.165) is 25.7 Å². The predicted molar refractivity (Wildman–Crippen MR) is 174 cm³/mol. The standard InChI is InChI=1S/C33H62NO8P/c1-3-5-6-7-8-9-10-11-12-13-14-15-16-17-18-19-20-21-22-23-24-26-33(37)40-29-31(35)30-42-43(38,39)41-28-27-34-32(36)25-4-2/h8-9,11-12,31,35H,3-7,10,13-30H2,1-2H3,(H,34,36)(H,38,39)/b9-8-,12-11-. The molecule has 3 N–H and O–H groups in total. The quantitative estimate of drug-likeness (QED) is 0.0303. The lowest BCUT2D eigenvalue weighted by Crippen LogP contribution is -2.27. The maximum atomic E-state index is 11.9. The van der Waals surface area contributed by atoms with Crippen molar-refractivity contribution in [2.24, 2.45) is 0 Å². The minimum Gasteiger partial charge on any atom is -0.463 e. The fraction of sp³-hybridized carbons (Fsp3) is 0.818. The highest BCUT2D eigenvalue weighted by atomic mass is 31.2. The van der Waals surface area contributed by atoms with Gasteiger partial charge in [0.25, 0.3) is 0 Å². The molecule has 0 radical (unpaired) electrons. The maximum Gasteiger partial charge on any atom is 0.472 e. The van der Waals surface area contributed by atoms with Crippen molar-refractivity contribution in [3.05, 3.63) is 24.3 Å². The van der Waals surface area contributed by atoms with Gasteiger partial charge >= 0.3 is 13.8 Å². The smallest absolute Gasteiger partial charge is 0.463 e. The van der Waals surface area contributed by atoms with Crippen molar-refractivity contribution in [1.29, 1.82) is 0 Å². The molecule has 0 spiro atoms. The molecule has 0 saturated carbocycles. The SMILES string of the molecule is CCCCC/C=C\C/C=C\CCCCCCCCCCCCCC(=O)OCC(O)COP(=O)(O)OCCNC(=O)CCC. The van der Waals surface area contributed by atoms with Crippen LogP contribution in [0.25, 0.3) is 0 Å². The lowest BCUT2D eigenvalue weighted by molar-refractivity contribution is -0.147. The molecule has 0 aliphatic rings. The summed E-state index contributed by atoms with van der Waals surface area (Å²) >= 11 is 0. The van der Waals surface area contributed by atoms with Gasteiger partial charge in [-0.3, -0.25) is 18.6 Å². The van der Waals surface area contributed by atoms with E-state index in [1.165, 1.54) is 83.5 Å². The molecule has 0 aromatic heterocycles. The molecule has 10 heteroatoms. The highest BCUT2D eigenvalue weighted by molar-refractivity contribution is 7.47. The van der Waals surface area contributed by atoms with E-state index in [2.05, 4.69) is 36.5 Å². The molecule has 0 saturated heterocycles. The van der Waals surface area contributed by atoms with Crippen LogP contribution in [0.5, 0.6) is 0 Å². The molecule has 43 heavy (non-hydrogen) atoms. The number of phosphoric ester groups is 1. The van der Waals surface area contributed by atoms with Crippen molar-refractivity contribution in [3.63, 3.8) is 0 Å². The molecule has 0 fully saturated rings. The fourth-order valence-electron chi connectivity index (χ4n) is 4.34. The largest absolute Gasteiger partial charge is 0.472 e. The van der Waals surface area contributed by atoms with Crippen LogP contribution in [0.3, 0.4) is 0 Å². The summed E-state index contributed by atoms with van der Waals surface area (Å²) in [6.45, 7) is 3.14. The molecule has 0 aliphatic heterocycles. The summed E-state index contributed by atoms with van der Waals surface area (Å²) in [6, 6.07) is 0. The van der Waals surface area contributed by atoms with Crippen molar-refractivity contribution in [3.8, 4) is 0 Å². The molecule has 0 bridgehead atoms. The zero-order valence-electron chi connectivity index (χ0n) is 27.1. The number of rotatable bonds is 31. The van der Waals surface area contributed by atoms with Gasteiger partial charge in [-0.05, 0) is 44.9 Å². The first kappa shape index (κ1) is 41.5. The van der Waals surface area contributed by atoms with Gasteiger partial charge in [0, 0.05) is 19.4 Å². The monoisotopic (exact) mass is 631 g/mol. The molecule has 1 amide bonds. The van der Waals surface area contributed by atoms with Gasteiger partial charge in [0.05, 0.1) is 13.2 Å². The minimum atomic E-state index is -4.38. The molecule has 0 heterocycles. The Labute approximate surface area is 261 Å². The molecular formula is C33H62NO8P. The lowest BCUT2D eigenvalue weighted by atomic mass is 10.0. The number of aliphatic hydroxyl groups is 1. The summed E-state index contributed by atoms with van der Waals surface area (Å²) in [4.78, 5) is 32.8. The predicted octanol–water partition coefficient (Wildman–Crippen LogP) is 8.09. The van der Waals surface area contributed by atoms with Gasteiger partial charge in [0.1, 0.15) is 12.7 Å². The number of ether oxygens (including phenoxy) is 1. The summed E-state index contributed by atoms with van der Waals surface area (Å²) in [7, 11) is -4.38. The van der Waals surface area contributed by atoms with E-state index in [0.29, 0.717) is 12.8 Å².